The maximum Gasteiger partial charge on any atom is 0.269 e. The molecule has 1 fully saturated rings. The Balaban J connectivity index is 1.58. The SMILES string of the molecule is NC(=O)c1nn(-c2ccc(N3CCOCC3)cc2)c2c1CCc1[nH]ncc1-2. The quantitative estimate of drug-likeness (QED) is 0.729. The number of primary amides is 1. The molecule has 3 N–H and O–H groups in total. The number of ether oxygens (including phenoxy) is 1. The van der Waals surface area contributed by atoms with Crippen LogP contribution in [-0.2, 0) is 17.6 Å². The molecule has 0 unspecified atom stereocenters. The minimum atomic E-state index is -0.498. The van der Waals surface area contributed by atoms with Crippen molar-refractivity contribution in [3.05, 3.63) is 47.4 Å². The number of aryl methyl sites for hydroxylation is 1. The van der Waals surface area contributed by atoms with Crippen molar-refractivity contribution in [2.45, 2.75) is 12.8 Å². The van der Waals surface area contributed by atoms with E-state index < -0.39 is 5.91 Å². The van der Waals surface area contributed by atoms with Gasteiger partial charge in [0.2, 0.25) is 0 Å². The average Bonchev–Trinajstić information content (AvgIpc) is 3.33. The van der Waals surface area contributed by atoms with Gasteiger partial charge in [0, 0.05) is 35.6 Å². The van der Waals surface area contributed by atoms with Crippen molar-refractivity contribution < 1.29 is 9.53 Å². The number of morpholine rings is 1. The highest BCUT2D eigenvalue weighted by Crippen LogP contribution is 2.36. The second kappa shape index (κ2) is 6.24. The molecule has 2 aliphatic rings. The lowest BCUT2D eigenvalue weighted by molar-refractivity contribution is 0.0994. The molecule has 1 aromatic carbocycles. The van der Waals surface area contributed by atoms with E-state index in [1.165, 1.54) is 0 Å². The van der Waals surface area contributed by atoms with Gasteiger partial charge in [-0.15, -0.1) is 0 Å². The first-order valence-corrected chi connectivity index (χ1v) is 9.10. The van der Waals surface area contributed by atoms with E-state index in [2.05, 4.69) is 32.3 Å². The Morgan fingerprint density at radius 2 is 1.85 bits per heavy atom. The summed E-state index contributed by atoms with van der Waals surface area (Å²) in [7, 11) is 0. The molecule has 3 heterocycles. The molecule has 0 spiro atoms. The number of hydrogen-bond donors (Lipinski definition) is 2. The molecule has 3 aromatic rings. The predicted molar refractivity (Wildman–Crippen MR) is 100 cm³/mol. The Labute approximate surface area is 155 Å². The highest BCUT2D eigenvalue weighted by Gasteiger charge is 2.29. The monoisotopic (exact) mass is 364 g/mol. The lowest BCUT2D eigenvalue weighted by Gasteiger charge is -2.29. The first-order chi connectivity index (χ1) is 13.2. The summed E-state index contributed by atoms with van der Waals surface area (Å²) in [6, 6.07) is 8.21. The van der Waals surface area contributed by atoms with E-state index in [0.29, 0.717) is 12.1 Å². The van der Waals surface area contributed by atoms with Crippen LogP contribution in [0.5, 0.6) is 0 Å². The summed E-state index contributed by atoms with van der Waals surface area (Å²) in [4.78, 5) is 14.2. The van der Waals surface area contributed by atoms with Gasteiger partial charge in [-0.3, -0.25) is 9.89 Å². The smallest absolute Gasteiger partial charge is 0.269 e. The van der Waals surface area contributed by atoms with Gasteiger partial charge >= 0.3 is 0 Å². The topological polar surface area (TPSA) is 102 Å². The summed E-state index contributed by atoms with van der Waals surface area (Å²) < 4.78 is 7.23. The van der Waals surface area contributed by atoms with Gasteiger partial charge in [0.05, 0.1) is 30.8 Å². The third kappa shape index (κ3) is 2.60. The fourth-order valence-electron chi connectivity index (χ4n) is 3.93. The molecule has 1 aliphatic carbocycles. The largest absolute Gasteiger partial charge is 0.378 e. The standard InChI is InChI=1S/C19H20N6O2/c20-19(26)17-14-5-6-16-15(11-21-22-16)18(14)25(23-17)13-3-1-12(2-4-13)24-7-9-27-10-8-24/h1-4,11H,5-10H2,(H2,20,26)(H,21,22). The number of H-pyrrole nitrogens is 1. The number of rotatable bonds is 3. The van der Waals surface area contributed by atoms with Gasteiger partial charge in [-0.05, 0) is 37.1 Å². The van der Waals surface area contributed by atoms with Crippen molar-refractivity contribution in [1.29, 1.82) is 0 Å². The number of carbonyl (C=O) groups is 1. The third-order valence-electron chi connectivity index (χ3n) is 5.29. The van der Waals surface area contributed by atoms with Crippen molar-refractivity contribution >= 4 is 11.6 Å². The molecule has 5 rings (SSSR count). The minimum Gasteiger partial charge on any atom is -0.378 e. The summed E-state index contributed by atoms with van der Waals surface area (Å²) in [6.07, 6.45) is 3.30. The number of fused-ring (bicyclic) bond motifs is 3. The Morgan fingerprint density at radius 3 is 2.59 bits per heavy atom. The first kappa shape index (κ1) is 16.1. The molecule has 138 valence electrons. The van der Waals surface area contributed by atoms with Gasteiger partial charge in [-0.1, -0.05) is 0 Å². The molecular weight excluding hydrogens is 344 g/mol. The number of aromatic nitrogens is 4. The van der Waals surface area contributed by atoms with E-state index in [9.17, 15) is 4.79 Å². The van der Waals surface area contributed by atoms with E-state index in [1.807, 2.05) is 16.8 Å². The van der Waals surface area contributed by atoms with Gasteiger partial charge in [-0.25, -0.2) is 4.68 Å². The number of aromatic amines is 1. The van der Waals surface area contributed by atoms with Crippen LogP contribution in [0, 0.1) is 0 Å². The number of nitrogens with two attached hydrogens (primary N) is 1. The number of nitrogens with zero attached hydrogens (tertiary/aromatic N) is 4. The van der Waals surface area contributed by atoms with Gasteiger partial charge in [-0.2, -0.15) is 10.2 Å². The van der Waals surface area contributed by atoms with Crippen molar-refractivity contribution in [2.24, 2.45) is 5.73 Å². The second-order valence-electron chi connectivity index (χ2n) is 6.83. The van der Waals surface area contributed by atoms with Crippen LogP contribution in [0.3, 0.4) is 0 Å². The number of amides is 1. The lowest BCUT2D eigenvalue weighted by atomic mass is 9.93. The number of hydrogen-bond acceptors (Lipinski definition) is 5. The summed E-state index contributed by atoms with van der Waals surface area (Å²) in [5.41, 5.74) is 11.8. The number of carbonyl (C=O) groups excluding carboxylic acids is 1. The molecule has 1 amide bonds. The average molecular weight is 364 g/mol. The molecule has 8 nitrogen and oxygen atoms in total. The van der Waals surface area contributed by atoms with Gasteiger partial charge < -0.3 is 15.4 Å². The van der Waals surface area contributed by atoms with Crippen LogP contribution in [0.25, 0.3) is 16.9 Å². The third-order valence-corrected chi connectivity index (χ3v) is 5.29. The van der Waals surface area contributed by atoms with Crippen molar-refractivity contribution in [3.8, 4) is 16.9 Å². The second-order valence-corrected chi connectivity index (χ2v) is 6.83. The molecule has 0 bridgehead atoms. The van der Waals surface area contributed by atoms with Crippen LogP contribution < -0.4 is 10.6 Å². The number of benzene rings is 1. The predicted octanol–water partition coefficient (Wildman–Crippen LogP) is 1.30. The Hall–Kier alpha value is -3.13. The first-order valence-electron chi connectivity index (χ1n) is 9.10. The fourth-order valence-corrected chi connectivity index (χ4v) is 3.93. The van der Waals surface area contributed by atoms with Gasteiger partial charge in [0.15, 0.2) is 5.69 Å². The lowest BCUT2D eigenvalue weighted by Crippen LogP contribution is -2.36. The fraction of sp³-hybridized carbons (Fsp3) is 0.316. The van der Waals surface area contributed by atoms with Crippen LogP contribution in [0.15, 0.2) is 30.5 Å². The molecule has 0 radical (unpaired) electrons. The molecule has 27 heavy (non-hydrogen) atoms. The maximum absolute atomic E-state index is 11.9. The zero-order chi connectivity index (χ0) is 18.4. The molecule has 2 aromatic heterocycles. The van der Waals surface area contributed by atoms with Crippen LogP contribution in [0.4, 0.5) is 5.69 Å². The highest BCUT2D eigenvalue weighted by atomic mass is 16.5. The highest BCUT2D eigenvalue weighted by molar-refractivity contribution is 5.95. The molecular formula is C19H20N6O2. The normalized spacial score (nSPS) is 16.1. The van der Waals surface area contributed by atoms with Crippen LogP contribution in [0.2, 0.25) is 0 Å². The molecule has 1 aliphatic heterocycles. The van der Waals surface area contributed by atoms with Crippen molar-refractivity contribution in [1.82, 2.24) is 20.0 Å². The molecule has 0 saturated carbocycles. The van der Waals surface area contributed by atoms with Gasteiger partial charge in [0.1, 0.15) is 0 Å². The van der Waals surface area contributed by atoms with Crippen LogP contribution >= 0.6 is 0 Å². The van der Waals surface area contributed by atoms with E-state index in [4.69, 9.17) is 10.5 Å². The zero-order valence-electron chi connectivity index (χ0n) is 14.8. The number of anilines is 1. The Kier molecular flexibility index (Phi) is 3.71. The van der Waals surface area contributed by atoms with E-state index in [1.54, 1.807) is 6.20 Å². The Morgan fingerprint density at radius 1 is 1.11 bits per heavy atom. The zero-order valence-corrected chi connectivity index (χ0v) is 14.8. The van der Waals surface area contributed by atoms with Crippen molar-refractivity contribution in [3.63, 3.8) is 0 Å². The summed E-state index contributed by atoms with van der Waals surface area (Å²) in [6.45, 7) is 3.28. The van der Waals surface area contributed by atoms with Crippen LogP contribution in [-0.4, -0.2) is 52.2 Å². The van der Waals surface area contributed by atoms with Gasteiger partial charge in [0.25, 0.3) is 5.91 Å². The summed E-state index contributed by atoms with van der Waals surface area (Å²) in [5, 5.41) is 11.8. The maximum atomic E-state index is 11.9. The summed E-state index contributed by atoms with van der Waals surface area (Å²) >= 11 is 0. The molecule has 8 heteroatoms. The Bertz CT molecular complexity index is 998. The van der Waals surface area contributed by atoms with Crippen molar-refractivity contribution in [2.75, 3.05) is 31.2 Å². The van der Waals surface area contributed by atoms with E-state index in [-0.39, 0.29) is 0 Å². The molecule has 1 saturated heterocycles. The van der Waals surface area contributed by atoms with E-state index >= 15 is 0 Å². The number of nitrogens with one attached hydrogen (secondary N) is 1. The van der Waals surface area contributed by atoms with Crippen LogP contribution in [0.1, 0.15) is 21.7 Å². The minimum absolute atomic E-state index is 0.342. The summed E-state index contributed by atoms with van der Waals surface area (Å²) in [5.74, 6) is -0.498. The molecule has 0 atom stereocenters. The van der Waals surface area contributed by atoms with E-state index in [0.717, 1.165) is 66.6 Å².